The van der Waals surface area contributed by atoms with Gasteiger partial charge in [-0.3, -0.25) is 4.79 Å². The van der Waals surface area contributed by atoms with Gasteiger partial charge in [0.2, 0.25) is 0 Å². The largest absolute Gasteiger partial charge is 0.374 e. The van der Waals surface area contributed by atoms with Crippen LogP contribution in [0, 0.1) is 11.8 Å². The molecule has 0 radical (unpaired) electrons. The molecule has 1 fully saturated rings. The van der Waals surface area contributed by atoms with Crippen LogP contribution in [0.15, 0.2) is 12.7 Å². The minimum absolute atomic E-state index is 0.0116. The van der Waals surface area contributed by atoms with Gasteiger partial charge in [0.15, 0.2) is 5.78 Å². The van der Waals surface area contributed by atoms with Gasteiger partial charge in [0.05, 0.1) is 18.1 Å². The fraction of sp³-hybridized carbons (Fsp3) is 0.700. The number of carbonyl (C=O) groups is 1. The van der Waals surface area contributed by atoms with Gasteiger partial charge in [0.25, 0.3) is 0 Å². The topological polar surface area (TPSA) is 26.3 Å². The highest BCUT2D eigenvalue weighted by Gasteiger charge is 2.40. The molecule has 0 aromatic heterocycles. The lowest BCUT2D eigenvalue weighted by Crippen LogP contribution is -2.24. The Morgan fingerprint density at radius 2 is 1.92 bits per heavy atom. The van der Waals surface area contributed by atoms with E-state index in [-0.39, 0.29) is 23.9 Å². The van der Waals surface area contributed by atoms with Crippen molar-refractivity contribution in [2.24, 2.45) is 11.8 Å². The Hall–Kier alpha value is -0.630. The first-order valence-electron chi connectivity index (χ1n) is 4.39. The Kier molecular flexibility index (Phi) is 2.68. The van der Waals surface area contributed by atoms with Gasteiger partial charge >= 0.3 is 0 Å². The van der Waals surface area contributed by atoms with Crippen molar-refractivity contribution in [1.29, 1.82) is 0 Å². The van der Waals surface area contributed by atoms with Gasteiger partial charge in [0.1, 0.15) is 0 Å². The third-order valence-electron chi connectivity index (χ3n) is 2.77. The maximum Gasteiger partial charge on any atom is 0.161 e. The summed E-state index contributed by atoms with van der Waals surface area (Å²) >= 11 is 0. The Bertz CT molecular complexity index is 198. The lowest BCUT2D eigenvalue weighted by Gasteiger charge is -2.14. The fourth-order valence-electron chi connectivity index (χ4n) is 1.89. The fourth-order valence-corrected chi connectivity index (χ4v) is 1.89. The Labute approximate surface area is 73.6 Å². The molecule has 4 unspecified atom stereocenters. The number of allylic oxidation sites excluding steroid dienone is 1. The molecule has 1 rings (SSSR count). The van der Waals surface area contributed by atoms with Crippen LogP contribution in [0.1, 0.15) is 20.8 Å². The standard InChI is InChI=1S/C10H16O2/c1-5-9(11)10-6(2)7(3)12-8(10)4/h5-8,10H,1H2,2-4H3. The molecule has 0 spiro atoms. The molecule has 1 heterocycles. The van der Waals surface area contributed by atoms with Crippen LogP contribution in [0.3, 0.4) is 0 Å². The first-order valence-corrected chi connectivity index (χ1v) is 4.39. The van der Waals surface area contributed by atoms with E-state index in [1.807, 2.05) is 13.8 Å². The summed E-state index contributed by atoms with van der Waals surface area (Å²) in [6.07, 6.45) is 1.63. The average Bonchev–Trinajstić information content (AvgIpc) is 2.26. The van der Waals surface area contributed by atoms with Crippen molar-refractivity contribution >= 4 is 5.78 Å². The van der Waals surface area contributed by atoms with Gasteiger partial charge < -0.3 is 4.74 Å². The maximum absolute atomic E-state index is 11.4. The second kappa shape index (κ2) is 3.40. The molecular weight excluding hydrogens is 152 g/mol. The number of hydrogen-bond donors (Lipinski definition) is 0. The van der Waals surface area contributed by atoms with Crippen LogP contribution >= 0.6 is 0 Å². The number of ether oxygens (including phenoxy) is 1. The zero-order chi connectivity index (χ0) is 9.30. The molecule has 1 aliphatic rings. The predicted molar refractivity (Wildman–Crippen MR) is 47.9 cm³/mol. The molecule has 0 aromatic carbocycles. The summed E-state index contributed by atoms with van der Waals surface area (Å²) in [5.74, 6) is 0.433. The zero-order valence-corrected chi connectivity index (χ0v) is 7.91. The molecular formula is C10H16O2. The van der Waals surface area contributed by atoms with Gasteiger partial charge in [0, 0.05) is 0 Å². The van der Waals surface area contributed by atoms with Crippen LogP contribution in [0.5, 0.6) is 0 Å². The molecule has 0 aliphatic carbocycles. The van der Waals surface area contributed by atoms with Crippen molar-refractivity contribution in [3.8, 4) is 0 Å². The smallest absolute Gasteiger partial charge is 0.161 e. The molecule has 1 aliphatic heterocycles. The minimum Gasteiger partial charge on any atom is -0.374 e. The quantitative estimate of drug-likeness (QED) is 0.588. The van der Waals surface area contributed by atoms with Crippen LogP contribution in [-0.4, -0.2) is 18.0 Å². The minimum atomic E-state index is 0.0116. The zero-order valence-electron chi connectivity index (χ0n) is 7.91. The maximum atomic E-state index is 11.4. The SMILES string of the molecule is C=CC(=O)C1C(C)OC(C)C1C. The normalized spacial score (nSPS) is 41.2. The van der Waals surface area contributed by atoms with Crippen molar-refractivity contribution in [2.75, 3.05) is 0 Å². The highest BCUT2D eigenvalue weighted by molar-refractivity contribution is 5.92. The second-order valence-electron chi connectivity index (χ2n) is 3.54. The van der Waals surface area contributed by atoms with Crippen LogP contribution in [0.25, 0.3) is 0 Å². The van der Waals surface area contributed by atoms with Crippen molar-refractivity contribution in [3.63, 3.8) is 0 Å². The molecule has 1 saturated heterocycles. The van der Waals surface area contributed by atoms with Gasteiger partial charge in [-0.05, 0) is 25.8 Å². The van der Waals surface area contributed by atoms with Crippen LogP contribution in [0.2, 0.25) is 0 Å². The van der Waals surface area contributed by atoms with Crippen molar-refractivity contribution in [3.05, 3.63) is 12.7 Å². The molecule has 0 aromatic rings. The molecule has 0 amide bonds. The summed E-state index contributed by atoms with van der Waals surface area (Å²) in [6.45, 7) is 9.51. The van der Waals surface area contributed by atoms with Gasteiger partial charge in [-0.15, -0.1) is 0 Å². The van der Waals surface area contributed by atoms with Gasteiger partial charge in [-0.1, -0.05) is 13.5 Å². The summed E-state index contributed by atoms with van der Waals surface area (Å²) in [5, 5.41) is 0. The molecule has 0 bridgehead atoms. The molecule has 4 atom stereocenters. The summed E-state index contributed by atoms with van der Waals surface area (Å²) < 4.78 is 5.54. The molecule has 2 nitrogen and oxygen atoms in total. The first-order chi connectivity index (χ1) is 5.57. The van der Waals surface area contributed by atoms with E-state index in [9.17, 15) is 4.79 Å². The van der Waals surface area contributed by atoms with Crippen LogP contribution in [0.4, 0.5) is 0 Å². The van der Waals surface area contributed by atoms with E-state index in [4.69, 9.17) is 4.74 Å². The van der Waals surface area contributed by atoms with Crippen molar-refractivity contribution in [1.82, 2.24) is 0 Å². The molecule has 12 heavy (non-hydrogen) atoms. The highest BCUT2D eigenvalue weighted by Crippen LogP contribution is 2.32. The Balaban J connectivity index is 2.75. The first kappa shape index (κ1) is 9.46. The van der Waals surface area contributed by atoms with Crippen molar-refractivity contribution < 1.29 is 9.53 Å². The number of carbonyl (C=O) groups excluding carboxylic acids is 1. The van der Waals surface area contributed by atoms with Crippen molar-refractivity contribution in [2.45, 2.75) is 33.0 Å². The third kappa shape index (κ3) is 1.44. The van der Waals surface area contributed by atoms with E-state index < -0.39 is 0 Å². The number of ketones is 1. The number of rotatable bonds is 2. The van der Waals surface area contributed by atoms with E-state index in [1.54, 1.807) is 0 Å². The van der Waals surface area contributed by atoms with Gasteiger partial charge in [-0.2, -0.15) is 0 Å². The average molecular weight is 168 g/mol. The Morgan fingerprint density at radius 1 is 1.33 bits per heavy atom. The summed E-state index contributed by atoms with van der Waals surface area (Å²) in [7, 11) is 0. The van der Waals surface area contributed by atoms with E-state index in [2.05, 4.69) is 13.5 Å². The molecule has 0 N–H and O–H groups in total. The van der Waals surface area contributed by atoms with Gasteiger partial charge in [-0.25, -0.2) is 0 Å². The highest BCUT2D eigenvalue weighted by atomic mass is 16.5. The van der Waals surface area contributed by atoms with Crippen LogP contribution < -0.4 is 0 Å². The lowest BCUT2D eigenvalue weighted by atomic mass is 9.86. The van der Waals surface area contributed by atoms with E-state index in [0.29, 0.717) is 5.92 Å². The van der Waals surface area contributed by atoms with E-state index in [0.717, 1.165) is 0 Å². The second-order valence-corrected chi connectivity index (χ2v) is 3.54. The summed E-state index contributed by atoms with van der Waals surface area (Å²) in [4.78, 5) is 11.4. The molecule has 68 valence electrons. The monoisotopic (exact) mass is 168 g/mol. The van der Waals surface area contributed by atoms with E-state index >= 15 is 0 Å². The predicted octanol–water partition coefficient (Wildman–Crippen LogP) is 1.80. The van der Waals surface area contributed by atoms with E-state index in [1.165, 1.54) is 6.08 Å². The number of hydrogen-bond acceptors (Lipinski definition) is 2. The lowest BCUT2D eigenvalue weighted by molar-refractivity contribution is -0.120. The summed E-state index contributed by atoms with van der Waals surface area (Å²) in [6, 6.07) is 0. The molecule has 2 heteroatoms. The third-order valence-corrected chi connectivity index (χ3v) is 2.77. The summed E-state index contributed by atoms with van der Waals surface area (Å²) in [5.41, 5.74) is 0. The van der Waals surface area contributed by atoms with Crippen LogP contribution in [-0.2, 0) is 9.53 Å². The molecule has 0 saturated carbocycles. The Morgan fingerprint density at radius 3 is 2.25 bits per heavy atom.